The summed E-state index contributed by atoms with van der Waals surface area (Å²) >= 11 is 0. The Morgan fingerprint density at radius 2 is 1.80 bits per heavy atom. The predicted molar refractivity (Wildman–Crippen MR) is 176 cm³/mol. The third-order valence-electron chi connectivity index (χ3n) is 6.46. The number of anilines is 2. The fourth-order valence-corrected chi connectivity index (χ4v) is 4.12. The number of hydrogen-bond acceptors (Lipinski definition) is 9. The Bertz CT molecular complexity index is 1560. The Hall–Kier alpha value is -4.49. The number of rotatable bonds is 12. The van der Waals surface area contributed by atoms with Crippen LogP contribution in [0.25, 0.3) is 11.3 Å². The van der Waals surface area contributed by atoms with Crippen LogP contribution < -0.4 is 37.7 Å². The lowest BCUT2D eigenvalue weighted by molar-refractivity contribution is -0.121. The molecule has 0 bridgehead atoms. The number of hydrogen-bond donors (Lipinski definition) is 7. The topological polar surface area (TPSA) is 210 Å². The van der Waals surface area contributed by atoms with Gasteiger partial charge in [0.1, 0.15) is 23.9 Å². The van der Waals surface area contributed by atoms with E-state index in [-0.39, 0.29) is 89.3 Å². The molecule has 1 heterocycles. The number of nitrogens with two attached hydrogens (primary N) is 2. The third-order valence-corrected chi connectivity index (χ3v) is 6.46. The van der Waals surface area contributed by atoms with Crippen molar-refractivity contribution in [2.24, 2.45) is 5.73 Å². The van der Waals surface area contributed by atoms with E-state index in [9.17, 15) is 19.5 Å². The van der Waals surface area contributed by atoms with Gasteiger partial charge in [-0.3, -0.25) is 24.4 Å². The second kappa shape index (κ2) is 16.4. The summed E-state index contributed by atoms with van der Waals surface area (Å²) in [6, 6.07) is 7.35. The molecule has 0 aliphatic carbocycles. The van der Waals surface area contributed by atoms with Crippen molar-refractivity contribution in [3.63, 3.8) is 0 Å². The highest BCUT2D eigenvalue weighted by atomic mass is 35.5. The summed E-state index contributed by atoms with van der Waals surface area (Å²) in [5.41, 5.74) is 12.9. The van der Waals surface area contributed by atoms with Crippen molar-refractivity contribution >= 4 is 54.0 Å². The van der Waals surface area contributed by atoms with Crippen molar-refractivity contribution in [1.82, 2.24) is 20.2 Å². The molecule has 0 saturated carbocycles. The van der Waals surface area contributed by atoms with Crippen molar-refractivity contribution in [1.29, 1.82) is 5.41 Å². The minimum atomic E-state index is -0.546. The lowest BCUT2D eigenvalue weighted by Crippen LogP contribution is -2.35. The number of phenolic OH excluding ortho intramolecular Hbond substituents is 1. The van der Waals surface area contributed by atoms with Gasteiger partial charge in [0.2, 0.25) is 5.91 Å². The molecule has 3 rings (SSSR count). The molecule has 0 saturated heterocycles. The molecule has 3 aromatic rings. The van der Waals surface area contributed by atoms with Crippen LogP contribution in [0.4, 0.5) is 11.5 Å². The Balaban J connectivity index is 0.00000484. The molecule has 0 radical (unpaired) electrons. The van der Waals surface area contributed by atoms with Crippen molar-refractivity contribution in [2.45, 2.75) is 59.3 Å². The number of methoxy groups -OCH3 is 1. The van der Waals surface area contributed by atoms with Crippen LogP contribution in [-0.2, 0) is 17.9 Å². The van der Waals surface area contributed by atoms with E-state index in [2.05, 4.69) is 20.9 Å². The van der Waals surface area contributed by atoms with Gasteiger partial charge in [-0.25, -0.2) is 4.98 Å². The van der Waals surface area contributed by atoms with Gasteiger partial charge < -0.3 is 37.3 Å². The number of ether oxygens (including phenoxy) is 1. The first-order chi connectivity index (χ1) is 19.8. The van der Waals surface area contributed by atoms with Gasteiger partial charge in [-0.2, -0.15) is 0 Å². The van der Waals surface area contributed by atoms with E-state index in [4.69, 9.17) is 21.6 Å². The Morgan fingerprint density at radius 3 is 2.39 bits per heavy atom. The molecule has 44 heavy (non-hydrogen) atoms. The summed E-state index contributed by atoms with van der Waals surface area (Å²) in [5, 5.41) is 26.7. The predicted octanol–water partition coefficient (Wildman–Crippen LogP) is 3.00. The quantitative estimate of drug-likeness (QED) is 0.0871. The second-order valence-corrected chi connectivity index (χ2v) is 10.2. The first kappa shape index (κ1) is 37.5. The van der Waals surface area contributed by atoms with Gasteiger partial charge in [0, 0.05) is 34.5 Å². The highest BCUT2D eigenvalue weighted by Gasteiger charge is 2.19. The minimum Gasteiger partial charge on any atom is -0.507 e. The molecule has 13 nitrogen and oxygen atoms in total. The largest absolute Gasteiger partial charge is 0.507 e. The maximum absolute atomic E-state index is 13.5. The molecule has 1 aromatic heterocycles. The Morgan fingerprint density at radius 1 is 1.11 bits per heavy atom. The van der Waals surface area contributed by atoms with Gasteiger partial charge in [-0.15, -0.1) is 24.8 Å². The molecule has 15 heteroatoms. The second-order valence-electron chi connectivity index (χ2n) is 10.2. The molecule has 9 N–H and O–H groups in total. The number of aromatic nitrogens is 2. The van der Waals surface area contributed by atoms with Crippen LogP contribution >= 0.6 is 24.8 Å². The molecular weight excluding hydrogens is 611 g/mol. The molecule has 0 spiro atoms. The van der Waals surface area contributed by atoms with Gasteiger partial charge >= 0.3 is 0 Å². The average Bonchev–Trinajstić information content (AvgIpc) is 2.93. The number of nitrogens with zero attached hydrogens (tertiary/aromatic N) is 2. The van der Waals surface area contributed by atoms with Crippen molar-refractivity contribution in [3.05, 3.63) is 63.6 Å². The van der Waals surface area contributed by atoms with Gasteiger partial charge in [-0.1, -0.05) is 6.92 Å². The number of halogens is 2. The first-order valence-corrected chi connectivity index (χ1v) is 13.4. The van der Waals surface area contributed by atoms with Crippen LogP contribution in [0.2, 0.25) is 0 Å². The van der Waals surface area contributed by atoms with Crippen molar-refractivity contribution in [3.8, 4) is 22.8 Å². The molecule has 0 aliphatic heterocycles. The van der Waals surface area contributed by atoms with E-state index in [1.54, 1.807) is 12.1 Å². The van der Waals surface area contributed by atoms with Gasteiger partial charge in [0.15, 0.2) is 5.82 Å². The van der Waals surface area contributed by atoms with E-state index in [0.717, 1.165) is 6.42 Å². The van der Waals surface area contributed by atoms with E-state index < -0.39 is 18.0 Å². The van der Waals surface area contributed by atoms with E-state index in [0.29, 0.717) is 16.8 Å². The zero-order valence-corrected chi connectivity index (χ0v) is 26.8. The normalized spacial score (nSPS) is 11.0. The van der Waals surface area contributed by atoms with E-state index in [1.165, 1.54) is 36.1 Å². The minimum absolute atomic E-state index is 0. The summed E-state index contributed by atoms with van der Waals surface area (Å²) in [4.78, 5) is 43.8. The maximum Gasteiger partial charge on any atom is 0.294 e. The first-order valence-electron chi connectivity index (χ1n) is 13.4. The molecule has 1 atom stereocenters. The van der Waals surface area contributed by atoms with Crippen LogP contribution in [0.15, 0.2) is 41.3 Å². The summed E-state index contributed by atoms with van der Waals surface area (Å²) in [6.45, 7) is 7.01. The SMILES string of the molecule is CC[C@@H](C)NC(=O)c1cc(N)cc(-c2cnc(NC(C)C)c(=O)n2CC(=O)NCc2c(O)cc(C(=N)N)cc2OC)c1.Cl.Cl. The van der Waals surface area contributed by atoms with Gasteiger partial charge in [0.25, 0.3) is 11.5 Å². The molecule has 0 unspecified atom stereocenters. The number of amides is 2. The summed E-state index contributed by atoms with van der Waals surface area (Å²) < 4.78 is 6.55. The average molecular weight is 652 g/mol. The Kier molecular flexibility index (Phi) is 14.0. The molecule has 240 valence electrons. The highest BCUT2D eigenvalue weighted by Crippen LogP contribution is 2.29. The van der Waals surface area contributed by atoms with E-state index >= 15 is 0 Å². The van der Waals surface area contributed by atoms with Crippen LogP contribution in [-0.4, -0.2) is 51.5 Å². The fourth-order valence-electron chi connectivity index (χ4n) is 4.12. The lowest BCUT2D eigenvalue weighted by atomic mass is 10.1. The summed E-state index contributed by atoms with van der Waals surface area (Å²) in [7, 11) is 1.39. The number of carbonyl (C=O) groups excluding carboxylic acids is 2. The van der Waals surface area contributed by atoms with Crippen LogP contribution in [0, 0.1) is 5.41 Å². The number of amidine groups is 1. The summed E-state index contributed by atoms with van der Waals surface area (Å²) in [6.07, 6.45) is 2.19. The number of aromatic hydroxyl groups is 1. The van der Waals surface area contributed by atoms with Gasteiger partial charge in [-0.05, 0) is 57.5 Å². The molecular formula is C29H40Cl2N8O5. The van der Waals surface area contributed by atoms with Gasteiger partial charge in [0.05, 0.1) is 31.1 Å². The van der Waals surface area contributed by atoms with Crippen LogP contribution in [0.1, 0.15) is 55.6 Å². The molecule has 2 amide bonds. The lowest BCUT2D eigenvalue weighted by Gasteiger charge is -2.18. The third kappa shape index (κ3) is 9.25. The monoisotopic (exact) mass is 650 g/mol. The van der Waals surface area contributed by atoms with Crippen molar-refractivity contribution in [2.75, 3.05) is 18.2 Å². The van der Waals surface area contributed by atoms with Crippen LogP contribution in [0.5, 0.6) is 11.5 Å². The maximum atomic E-state index is 13.5. The fraction of sp³-hybridized carbons (Fsp3) is 0.345. The standard InChI is InChI=1S/C29H38N8O5.2ClH/c1-6-16(4)36-28(40)19-7-17(8-20(30)9-19)22-13-34-27(35-15(2)3)29(41)37(22)14-25(39)33-12-21-23(38)10-18(26(31)32)11-24(21)42-5;;/h7-11,13,15-16,38H,6,12,14,30H2,1-5H3,(H3,31,32)(H,33,39)(H,34,35)(H,36,40);2*1H/t16-;;/m1../s1. The Labute approximate surface area is 268 Å². The van der Waals surface area contributed by atoms with Crippen molar-refractivity contribution < 1.29 is 19.4 Å². The molecule has 0 fully saturated rings. The van der Waals surface area contributed by atoms with E-state index in [1.807, 2.05) is 27.7 Å². The zero-order chi connectivity index (χ0) is 31.1. The van der Waals surface area contributed by atoms with Crippen LogP contribution in [0.3, 0.4) is 0 Å². The highest BCUT2D eigenvalue weighted by molar-refractivity contribution is 5.97. The number of carbonyl (C=O) groups is 2. The summed E-state index contributed by atoms with van der Waals surface area (Å²) in [5.74, 6) is -1.05. The smallest absolute Gasteiger partial charge is 0.294 e. The number of nitrogen functional groups attached to an aromatic ring is 2. The molecule has 2 aromatic carbocycles. The zero-order valence-electron chi connectivity index (χ0n) is 25.2. The number of phenols is 1. The number of nitrogens with one attached hydrogen (secondary N) is 4. The number of benzene rings is 2. The molecule has 0 aliphatic rings.